The number of phenols is 2. The van der Waals surface area contributed by atoms with Crippen molar-refractivity contribution in [1.29, 1.82) is 0 Å². The van der Waals surface area contributed by atoms with Crippen LogP contribution in [0.3, 0.4) is 0 Å². The number of anilines is 1. The molecule has 3 N–H and O–H groups in total. The van der Waals surface area contributed by atoms with Crippen molar-refractivity contribution in [3.05, 3.63) is 64.1 Å². The Labute approximate surface area is 148 Å². The zero-order valence-corrected chi connectivity index (χ0v) is 14.3. The number of aryl methyl sites for hydroxylation is 1. The maximum Gasteiger partial charge on any atom is 0.251 e. The van der Waals surface area contributed by atoms with E-state index < -0.39 is 0 Å². The van der Waals surface area contributed by atoms with E-state index in [9.17, 15) is 15.0 Å². The van der Waals surface area contributed by atoms with Crippen LogP contribution in [0.25, 0.3) is 6.08 Å². The standard InChI is InChI=1S/C18H17N3O3S/c1-12-15(10-19-20-12)21(11-14-3-2-8-25-14)18(24)7-5-13-4-6-16(22)17(23)9-13/h2-10,22-23H,11H2,1H3,(H,19,20)/b7-5+. The van der Waals surface area contributed by atoms with Crippen molar-refractivity contribution in [2.75, 3.05) is 4.90 Å². The minimum Gasteiger partial charge on any atom is -0.504 e. The average molecular weight is 355 g/mol. The lowest BCUT2D eigenvalue weighted by atomic mass is 10.2. The van der Waals surface area contributed by atoms with E-state index in [-0.39, 0.29) is 17.4 Å². The Morgan fingerprint density at radius 1 is 1.32 bits per heavy atom. The number of amides is 1. The van der Waals surface area contributed by atoms with Crippen molar-refractivity contribution in [3.8, 4) is 11.5 Å². The average Bonchev–Trinajstić information content (AvgIpc) is 3.25. The maximum absolute atomic E-state index is 12.7. The molecular weight excluding hydrogens is 338 g/mol. The molecule has 0 radical (unpaired) electrons. The second-order valence-corrected chi connectivity index (χ2v) is 6.50. The van der Waals surface area contributed by atoms with E-state index in [0.717, 1.165) is 16.3 Å². The number of benzene rings is 1. The van der Waals surface area contributed by atoms with Crippen LogP contribution in [0, 0.1) is 6.92 Å². The van der Waals surface area contributed by atoms with Crippen LogP contribution in [-0.2, 0) is 11.3 Å². The van der Waals surface area contributed by atoms with Crippen LogP contribution in [0.5, 0.6) is 11.5 Å². The summed E-state index contributed by atoms with van der Waals surface area (Å²) in [4.78, 5) is 15.4. The van der Waals surface area contributed by atoms with Gasteiger partial charge >= 0.3 is 0 Å². The van der Waals surface area contributed by atoms with Crippen LogP contribution < -0.4 is 4.90 Å². The first-order valence-electron chi connectivity index (χ1n) is 7.58. The number of carbonyl (C=O) groups is 1. The molecule has 0 aliphatic carbocycles. The molecule has 1 amide bonds. The molecule has 128 valence electrons. The van der Waals surface area contributed by atoms with Crippen LogP contribution in [0.15, 0.2) is 48.0 Å². The van der Waals surface area contributed by atoms with Crippen molar-refractivity contribution in [3.63, 3.8) is 0 Å². The number of aromatic nitrogens is 2. The number of H-pyrrole nitrogens is 1. The van der Waals surface area contributed by atoms with E-state index >= 15 is 0 Å². The van der Waals surface area contributed by atoms with Gasteiger partial charge in [-0.25, -0.2) is 0 Å². The lowest BCUT2D eigenvalue weighted by molar-refractivity contribution is -0.114. The van der Waals surface area contributed by atoms with Crippen molar-refractivity contribution >= 4 is 29.0 Å². The van der Waals surface area contributed by atoms with Gasteiger partial charge in [0, 0.05) is 11.0 Å². The molecule has 0 aliphatic heterocycles. The topological polar surface area (TPSA) is 89.5 Å². The highest BCUT2D eigenvalue weighted by Gasteiger charge is 2.18. The monoisotopic (exact) mass is 355 g/mol. The Bertz CT molecular complexity index is 900. The van der Waals surface area contributed by atoms with Gasteiger partial charge < -0.3 is 15.1 Å². The summed E-state index contributed by atoms with van der Waals surface area (Å²) < 4.78 is 0. The number of hydrogen-bond donors (Lipinski definition) is 3. The van der Waals surface area contributed by atoms with E-state index in [0.29, 0.717) is 12.1 Å². The minimum absolute atomic E-state index is 0.197. The molecule has 0 fully saturated rings. The van der Waals surface area contributed by atoms with Gasteiger partial charge in [-0.15, -0.1) is 11.3 Å². The predicted molar refractivity (Wildman–Crippen MR) is 97.6 cm³/mol. The molecule has 1 aromatic carbocycles. The summed E-state index contributed by atoms with van der Waals surface area (Å²) >= 11 is 1.58. The van der Waals surface area contributed by atoms with Gasteiger partial charge in [0.15, 0.2) is 11.5 Å². The third kappa shape index (κ3) is 3.89. The van der Waals surface area contributed by atoms with Crippen LogP contribution in [0.4, 0.5) is 5.69 Å². The fraction of sp³-hybridized carbons (Fsp3) is 0.111. The molecule has 0 saturated carbocycles. The smallest absolute Gasteiger partial charge is 0.251 e. The molecule has 0 bridgehead atoms. The summed E-state index contributed by atoms with van der Waals surface area (Å²) in [5, 5.41) is 27.7. The first kappa shape index (κ1) is 16.8. The number of phenolic OH excluding ortho intramolecular Hbond substituents is 2. The molecular formula is C18H17N3O3S. The maximum atomic E-state index is 12.7. The largest absolute Gasteiger partial charge is 0.504 e. The van der Waals surface area contributed by atoms with Crippen LogP contribution in [0.2, 0.25) is 0 Å². The third-order valence-corrected chi connectivity index (χ3v) is 4.53. The Morgan fingerprint density at radius 2 is 2.16 bits per heavy atom. The lowest BCUT2D eigenvalue weighted by Gasteiger charge is -2.19. The van der Waals surface area contributed by atoms with Crippen LogP contribution >= 0.6 is 11.3 Å². The second-order valence-electron chi connectivity index (χ2n) is 5.47. The zero-order chi connectivity index (χ0) is 17.8. The molecule has 3 aromatic rings. The number of rotatable bonds is 5. The van der Waals surface area contributed by atoms with Crippen LogP contribution in [0.1, 0.15) is 16.1 Å². The quantitative estimate of drug-likeness (QED) is 0.483. The number of thiophene rings is 1. The van der Waals surface area contributed by atoms with Crippen molar-refractivity contribution in [2.24, 2.45) is 0 Å². The second kappa shape index (κ2) is 7.23. The Kier molecular flexibility index (Phi) is 4.85. The molecule has 0 aliphatic rings. The zero-order valence-electron chi connectivity index (χ0n) is 13.5. The lowest BCUT2D eigenvalue weighted by Crippen LogP contribution is -2.28. The number of carbonyl (C=O) groups excluding carboxylic acids is 1. The van der Waals surface area contributed by atoms with Gasteiger partial charge in [0.2, 0.25) is 0 Å². The van der Waals surface area contributed by atoms with E-state index in [1.807, 2.05) is 24.4 Å². The van der Waals surface area contributed by atoms with Gasteiger partial charge in [0.05, 0.1) is 24.1 Å². The molecule has 7 heteroatoms. The summed E-state index contributed by atoms with van der Waals surface area (Å²) in [6, 6.07) is 8.31. The summed E-state index contributed by atoms with van der Waals surface area (Å²) in [5.74, 6) is -0.627. The predicted octanol–water partition coefficient (Wildman–Crippen LogP) is 3.44. The number of hydrogen-bond acceptors (Lipinski definition) is 5. The molecule has 6 nitrogen and oxygen atoms in total. The van der Waals surface area contributed by atoms with Gasteiger partial charge in [0.25, 0.3) is 5.91 Å². The van der Waals surface area contributed by atoms with Gasteiger partial charge in [-0.3, -0.25) is 9.89 Å². The highest BCUT2D eigenvalue weighted by atomic mass is 32.1. The summed E-state index contributed by atoms with van der Waals surface area (Å²) in [6.45, 7) is 2.31. The number of nitrogens with one attached hydrogen (secondary N) is 1. The molecule has 0 unspecified atom stereocenters. The third-order valence-electron chi connectivity index (χ3n) is 3.67. The van der Waals surface area contributed by atoms with Gasteiger partial charge in [-0.2, -0.15) is 5.10 Å². The Balaban J connectivity index is 1.84. The normalized spacial score (nSPS) is 11.1. The molecule has 2 heterocycles. The number of aromatic amines is 1. The van der Waals surface area contributed by atoms with Gasteiger partial charge in [-0.1, -0.05) is 12.1 Å². The Hall–Kier alpha value is -3.06. The van der Waals surface area contributed by atoms with E-state index in [1.165, 1.54) is 18.2 Å². The Morgan fingerprint density at radius 3 is 2.80 bits per heavy atom. The summed E-state index contributed by atoms with van der Waals surface area (Å²) in [7, 11) is 0. The first-order chi connectivity index (χ1) is 12.0. The van der Waals surface area contributed by atoms with Crippen molar-refractivity contribution in [2.45, 2.75) is 13.5 Å². The summed E-state index contributed by atoms with van der Waals surface area (Å²) in [6.07, 6.45) is 4.66. The fourth-order valence-electron chi connectivity index (χ4n) is 2.36. The van der Waals surface area contributed by atoms with Gasteiger partial charge in [0.1, 0.15) is 0 Å². The van der Waals surface area contributed by atoms with E-state index in [2.05, 4.69) is 10.2 Å². The summed E-state index contributed by atoms with van der Waals surface area (Å²) in [5.41, 5.74) is 2.14. The van der Waals surface area contributed by atoms with Gasteiger partial charge in [-0.05, 0) is 42.1 Å². The molecule has 0 atom stereocenters. The number of nitrogens with zero attached hydrogens (tertiary/aromatic N) is 2. The van der Waals surface area contributed by atoms with Crippen molar-refractivity contribution < 1.29 is 15.0 Å². The van der Waals surface area contributed by atoms with E-state index in [1.54, 1.807) is 34.6 Å². The molecule has 25 heavy (non-hydrogen) atoms. The van der Waals surface area contributed by atoms with E-state index in [4.69, 9.17) is 0 Å². The van der Waals surface area contributed by atoms with Crippen LogP contribution in [-0.4, -0.2) is 26.3 Å². The minimum atomic E-state index is -0.226. The molecule has 0 saturated heterocycles. The fourth-order valence-corrected chi connectivity index (χ4v) is 3.05. The number of aromatic hydroxyl groups is 2. The molecule has 0 spiro atoms. The molecule has 3 rings (SSSR count). The highest BCUT2D eigenvalue weighted by Crippen LogP contribution is 2.26. The highest BCUT2D eigenvalue weighted by molar-refractivity contribution is 7.09. The molecule has 2 aromatic heterocycles. The first-order valence-corrected chi connectivity index (χ1v) is 8.46. The van der Waals surface area contributed by atoms with Crippen molar-refractivity contribution in [1.82, 2.24) is 10.2 Å². The SMILES string of the molecule is Cc1[nH]ncc1N(Cc1cccs1)C(=O)/C=C/c1ccc(O)c(O)c1.